The molecule has 0 unspecified atom stereocenters. The number of aromatic hydroxyl groups is 1. The fourth-order valence-corrected chi connectivity index (χ4v) is 4.39. The summed E-state index contributed by atoms with van der Waals surface area (Å²) in [7, 11) is 3.00. The van der Waals surface area contributed by atoms with Crippen LogP contribution in [0.2, 0.25) is 0 Å². The summed E-state index contributed by atoms with van der Waals surface area (Å²) in [5.41, 5.74) is 5.31. The van der Waals surface area contributed by atoms with E-state index in [0.29, 0.717) is 17.9 Å². The topological polar surface area (TPSA) is 79.8 Å². The number of ketones is 1. The molecule has 0 saturated heterocycles. The van der Waals surface area contributed by atoms with Gasteiger partial charge in [0.1, 0.15) is 0 Å². The maximum absolute atomic E-state index is 13.3. The van der Waals surface area contributed by atoms with Crippen molar-refractivity contribution in [2.24, 2.45) is 5.41 Å². The minimum Gasteiger partial charge on any atom is -0.502 e. The van der Waals surface area contributed by atoms with Gasteiger partial charge in [-0.3, -0.25) is 4.79 Å². The van der Waals surface area contributed by atoms with Crippen molar-refractivity contribution < 1.29 is 19.4 Å². The average molecular weight is 408 g/mol. The summed E-state index contributed by atoms with van der Waals surface area (Å²) < 4.78 is 10.7. The van der Waals surface area contributed by atoms with Crippen molar-refractivity contribution in [3.05, 3.63) is 52.7 Å². The van der Waals surface area contributed by atoms with Crippen LogP contribution in [0.1, 0.15) is 43.9 Å². The number of carbonyl (C=O) groups excluding carboxylic acids is 1. The highest BCUT2D eigenvalue weighted by atomic mass is 16.5. The Morgan fingerprint density at radius 1 is 1.03 bits per heavy atom. The summed E-state index contributed by atoms with van der Waals surface area (Å²) >= 11 is 0. The third-order valence-corrected chi connectivity index (χ3v) is 5.80. The van der Waals surface area contributed by atoms with Gasteiger partial charge < -0.3 is 25.2 Å². The second-order valence-corrected chi connectivity index (χ2v) is 8.86. The van der Waals surface area contributed by atoms with E-state index >= 15 is 0 Å². The van der Waals surface area contributed by atoms with Gasteiger partial charge in [-0.2, -0.15) is 0 Å². The van der Waals surface area contributed by atoms with Gasteiger partial charge in [0.2, 0.25) is 5.75 Å². The molecular formula is C24H28N2O4. The number of phenolic OH excluding ortho intramolecular Hbond substituents is 1. The van der Waals surface area contributed by atoms with Crippen LogP contribution in [0, 0.1) is 12.3 Å². The lowest BCUT2D eigenvalue weighted by atomic mass is 9.73. The van der Waals surface area contributed by atoms with Crippen molar-refractivity contribution >= 4 is 17.2 Å². The number of aryl methyl sites for hydroxylation is 1. The predicted octanol–water partition coefficient (Wildman–Crippen LogP) is 4.94. The van der Waals surface area contributed by atoms with Gasteiger partial charge in [0.25, 0.3) is 0 Å². The Morgan fingerprint density at radius 3 is 2.33 bits per heavy atom. The minimum absolute atomic E-state index is 0.0583. The third-order valence-electron chi connectivity index (χ3n) is 5.80. The first-order valence-corrected chi connectivity index (χ1v) is 10.1. The van der Waals surface area contributed by atoms with Crippen LogP contribution >= 0.6 is 0 Å². The molecule has 1 heterocycles. The molecule has 0 bridgehead atoms. The summed E-state index contributed by atoms with van der Waals surface area (Å²) in [6, 6.07) is 9.27. The van der Waals surface area contributed by atoms with E-state index in [0.717, 1.165) is 40.2 Å². The summed E-state index contributed by atoms with van der Waals surface area (Å²) in [6.07, 6.45) is 1.25. The number of methoxy groups -OCH3 is 2. The first kappa shape index (κ1) is 20.1. The normalized spacial score (nSPS) is 19.8. The van der Waals surface area contributed by atoms with Crippen molar-refractivity contribution in [3.63, 3.8) is 0 Å². The Bertz CT molecular complexity index is 1030. The van der Waals surface area contributed by atoms with Crippen LogP contribution in [-0.2, 0) is 4.79 Å². The van der Waals surface area contributed by atoms with Crippen LogP contribution in [0.15, 0.2) is 41.6 Å². The number of fused-ring (bicyclic) bond motifs is 1. The van der Waals surface area contributed by atoms with Gasteiger partial charge in [-0.05, 0) is 54.2 Å². The van der Waals surface area contributed by atoms with E-state index < -0.39 is 6.04 Å². The van der Waals surface area contributed by atoms with Gasteiger partial charge in [0.15, 0.2) is 17.3 Å². The van der Waals surface area contributed by atoms with Gasteiger partial charge in [-0.1, -0.05) is 19.9 Å². The molecule has 0 spiro atoms. The van der Waals surface area contributed by atoms with Crippen LogP contribution in [0.25, 0.3) is 0 Å². The van der Waals surface area contributed by atoms with Gasteiger partial charge in [0.05, 0.1) is 31.6 Å². The van der Waals surface area contributed by atoms with E-state index in [2.05, 4.69) is 36.6 Å². The molecule has 0 radical (unpaired) electrons. The van der Waals surface area contributed by atoms with Crippen LogP contribution in [-0.4, -0.2) is 25.1 Å². The molecule has 2 aliphatic rings. The molecule has 0 saturated carbocycles. The third kappa shape index (κ3) is 3.47. The standard InChI is InChI=1S/C24H28N2O4/c1-13-6-7-15-16(8-13)26-22(14-9-19(29-4)23(28)20(10-14)30-5)21-17(25-15)11-24(2,3)12-18(21)27/h6-10,22,25-26,28H,11-12H2,1-5H3/t22-/m0/s1. The molecule has 3 N–H and O–H groups in total. The lowest BCUT2D eigenvalue weighted by Crippen LogP contribution is -2.31. The highest BCUT2D eigenvalue weighted by molar-refractivity contribution is 6.01. The van der Waals surface area contributed by atoms with E-state index in [1.165, 1.54) is 14.2 Å². The van der Waals surface area contributed by atoms with Crippen molar-refractivity contribution in [3.8, 4) is 17.2 Å². The monoisotopic (exact) mass is 408 g/mol. The number of allylic oxidation sites excluding steroid dienone is 1. The molecule has 6 nitrogen and oxygen atoms in total. The van der Waals surface area contributed by atoms with Gasteiger partial charge in [0, 0.05) is 17.7 Å². The molecule has 1 aliphatic carbocycles. The molecular weight excluding hydrogens is 380 g/mol. The van der Waals surface area contributed by atoms with E-state index in [1.54, 1.807) is 12.1 Å². The van der Waals surface area contributed by atoms with Gasteiger partial charge in [-0.15, -0.1) is 0 Å². The number of hydrogen-bond acceptors (Lipinski definition) is 6. The molecule has 1 atom stereocenters. The fourth-order valence-electron chi connectivity index (χ4n) is 4.39. The SMILES string of the molecule is COc1cc([C@@H]2Nc3cc(C)ccc3NC3=C2C(=O)CC(C)(C)C3)cc(OC)c1O. The molecule has 158 valence electrons. The summed E-state index contributed by atoms with van der Waals surface area (Å²) in [5.74, 6) is 0.663. The van der Waals surface area contributed by atoms with Crippen LogP contribution < -0.4 is 20.1 Å². The molecule has 2 aromatic carbocycles. The summed E-state index contributed by atoms with van der Waals surface area (Å²) in [5, 5.41) is 17.4. The quantitative estimate of drug-likeness (QED) is 0.668. The Hall–Kier alpha value is -3.15. The van der Waals surface area contributed by atoms with E-state index in [4.69, 9.17) is 9.47 Å². The molecule has 30 heavy (non-hydrogen) atoms. The Morgan fingerprint density at radius 2 is 1.70 bits per heavy atom. The Balaban J connectivity index is 1.93. The number of hydrogen-bond donors (Lipinski definition) is 3. The fraction of sp³-hybridized carbons (Fsp3) is 0.375. The van der Waals surface area contributed by atoms with E-state index in [1.807, 2.05) is 13.0 Å². The summed E-state index contributed by atoms with van der Waals surface area (Å²) in [4.78, 5) is 13.3. The minimum atomic E-state index is -0.400. The maximum atomic E-state index is 13.3. The first-order valence-electron chi connectivity index (χ1n) is 10.1. The zero-order valence-electron chi connectivity index (χ0n) is 18.1. The van der Waals surface area contributed by atoms with Crippen LogP contribution in [0.3, 0.4) is 0 Å². The first-order chi connectivity index (χ1) is 14.2. The van der Waals surface area contributed by atoms with Gasteiger partial charge >= 0.3 is 0 Å². The van der Waals surface area contributed by atoms with E-state index in [-0.39, 0.29) is 16.9 Å². The molecule has 6 heteroatoms. The molecule has 2 aromatic rings. The zero-order chi connectivity index (χ0) is 21.6. The van der Waals surface area contributed by atoms with Crippen LogP contribution in [0.5, 0.6) is 17.2 Å². The molecule has 1 aliphatic heterocycles. The largest absolute Gasteiger partial charge is 0.502 e. The van der Waals surface area contributed by atoms with Crippen molar-refractivity contribution in [1.29, 1.82) is 0 Å². The second kappa shape index (κ2) is 7.27. The van der Waals surface area contributed by atoms with Crippen molar-refractivity contribution in [2.45, 2.75) is 39.7 Å². The summed E-state index contributed by atoms with van der Waals surface area (Å²) in [6.45, 7) is 6.27. The highest BCUT2D eigenvalue weighted by Gasteiger charge is 2.39. The number of Topliss-reactive ketones (excluding diaryl/α,β-unsaturated/α-hetero) is 1. The van der Waals surface area contributed by atoms with Crippen molar-refractivity contribution in [2.75, 3.05) is 24.9 Å². The Kier molecular flexibility index (Phi) is 4.88. The number of anilines is 2. The number of nitrogens with one attached hydrogen (secondary N) is 2. The zero-order valence-corrected chi connectivity index (χ0v) is 18.1. The number of phenols is 1. The smallest absolute Gasteiger partial charge is 0.200 e. The number of ether oxygens (including phenoxy) is 2. The van der Waals surface area contributed by atoms with Gasteiger partial charge in [-0.25, -0.2) is 0 Å². The number of carbonyl (C=O) groups is 1. The Labute approximate surface area is 176 Å². The number of benzene rings is 2. The van der Waals surface area contributed by atoms with Crippen LogP contribution in [0.4, 0.5) is 11.4 Å². The van der Waals surface area contributed by atoms with Crippen molar-refractivity contribution in [1.82, 2.24) is 0 Å². The number of rotatable bonds is 3. The lowest BCUT2D eigenvalue weighted by Gasteiger charge is -2.34. The molecule has 0 fully saturated rings. The second-order valence-electron chi connectivity index (χ2n) is 8.86. The van der Waals surface area contributed by atoms with E-state index in [9.17, 15) is 9.90 Å². The molecule has 0 aromatic heterocycles. The maximum Gasteiger partial charge on any atom is 0.200 e. The molecule has 0 amide bonds. The lowest BCUT2D eigenvalue weighted by molar-refractivity contribution is -0.118. The predicted molar refractivity (Wildman–Crippen MR) is 117 cm³/mol. The average Bonchev–Trinajstić information content (AvgIpc) is 2.83. The highest BCUT2D eigenvalue weighted by Crippen LogP contribution is 2.47. The molecule has 4 rings (SSSR count).